The van der Waals surface area contributed by atoms with Gasteiger partial charge in [0.05, 0.1) is 11.8 Å². The molecule has 1 aliphatic heterocycles. The molecule has 3 atom stereocenters. The third kappa shape index (κ3) is 6.26. The first-order valence-corrected chi connectivity index (χ1v) is 12.5. The van der Waals surface area contributed by atoms with E-state index in [0.717, 1.165) is 51.1 Å². The van der Waals surface area contributed by atoms with Crippen molar-refractivity contribution in [3.63, 3.8) is 0 Å². The van der Waals surface area contributed by atoms with E-state index in [1.54, 1.807) is 24.3 Å². The number of piperazine rings is 1. The maximum Gasteiger partial charge on any atom is 0.354 e. The van der Waals surface area contributed by atoms with E-state index >= 15 is 0 Å². The van der Waals surface area contributed by atoms with E-state index < -0.39 is 5.69 Å². The Balaban J connectivity index is 1.39. The van der Waals surface area contributed by atoms with Crippen LogP contribution in [0.2, 0.25) is 0 Å². The highest BCUT2D eigenvalue weighted by Crippen LogP contribution is 2.25. The lowest BCUT2D eigenvalue weighted by atomic mass is 9.88. The quantitative estimate of drug-likeness (QED) is 0.545. The van der Waals surface area contributed by atoms with Gasteiger partial charge in [0.2, 0.25) is 0 Å². The molecule has 10 nitrogen and oxygen atoms in total. The SMILES string of the molecule is CCN(Cc1ccc(-n2ccc(NC(=O)N3CCNCC3)nc2=O)cc1)C1CC[C@H](N)[C@@H](OC)C1. The molecule has 2 aromatic rings. The molecule has 4 N–H and O–H groups in total. The summed E-state index contributed by atoms with van der Waals surface area (Å²) in [5.41, 5.74) is 7.68. The third-order valence-electron chi connectivity index (χ3n) is 7.08. The molecule has 1 aliphatic carbocycles. The van der Waals surface area contributed by atoms with Gasteiger partial charge in [-0.3, -0.25) is 14.8 Å². The first kappa shape index (κ1) is 25.3. The molecular formula is C25H37N7O3. The van der Waals surface area contributed by atoms with Gasteiger partial charge in [-0.2, -0.15) is 4.98 Å². The van der Waals surface area contributed by atoms with E-state index in [4.69, 9.17) is 10.5 Å². The molecule has 1 aromatic heterocycles. The van der Waals surface area contributed by atoms with Gasteiger partial charge in [-0.25, -0.2) is 9.59 Å². The van der Waals surface area contributed by atoms with E-state index in [-0.39, 0.29) is 24.0 Å². The van der Waals surface area contributed by atoms with Gasteiger partial charge >= 0.3 is 11.7 Å². The van der Waals surface area contributed by atoms with Gasteiger partial charge in [-0.15, -0.1) is 0 Å². The minimum absolute atomic E-state index is 0.106. The van der Waals surface area contributed by atoms with Crippen molar-refractivity contribution in [3.05, 3.63) is 52.6 Å². The molecule has 2 fully saturated rings. The summed E-state index contributed by atoms with van der Waals surface area (Å²) in [4.78, 5) is 33.2. The van der Waals surface area contributed by atoms with E-state index in [9.17, 15) is 9.59 Å². The topological polar surface area (TPSA) is 118 Å². The monoisotopic (exact) mass is 483 g/mol. The normalized spacial score (nSPS) is 22.9. The summed E-state index contributed by atoms with van der Waals surface area (Å²) in [6.07, 6.45) is 4.74. The number of benzene rings is 1. The molecule has 1 saturated carbocycles. The Morgan fingerprint density at radius 2 is 1.97 bits per heavy atom. The number of methoxy groups -OCH3 is 1. The first-order chi connectivity index (χ1) is 17.0. The summed E-state index contributed by atoms with van der Waals surface area (Å²) < 4.78 is 7.08. The highest BCUT2D eigenvalue weighted by Gasteiger charge is 2.31. The zero-order chi connectivity index (χ0) is 24.8. The second kappa shape index (κ2) is 11.8. The maximum absolute atomic E-state index is 12.6. The van der Waals surface area contributed by atoms with Crippen LogP contribution < -0.4 is 22.1 Å². The van der Waals surface area contributed by atoms with Crippen molar-refractivity contribution in [3.8, 4) is 5.69 Å². The lowest BCUT2D eigenvalue weighted by Crippen LogP contribution is -2.48. The highest BCUT2D eigenvalue weighted by atomic mass is 16.5. The van der Waals surface area contributed by atoms with Crippen molar-refractivity contribution in [1.82, 2.24) is 24.7 Å². The zero-order valence-electron chi connectivity index (χ0n) is 20.7. The van der Waals surface area contributed by atoms with Gasteiger partial charge in [-0.05, 0) is 49.6 Å². The molecule has 10 heteroatoms. The molecule has 1 unspecified atom stereocenters. The molecule has 1 saturated heterocycles. The number of urea groups is 1. The number of carbonyl (C=O) groups is 1. The van der Waals surface area contributed by atoms with Crippen LogP contribution in [0.3, 0.4) is 0 Å². The van der Waals surface area contributed by atoms with Crippen molar-refractivity contribution in [2.75, 3.05) is 45.2 Å². The van der Waals surface area contributed by atoms with Gasteiger partial charge in [0, 0.05) is 58.1 Å². The fourth-order valence-corrected chi connectivity index (χ4v) is 4.96. The molecule has 2 aliphatic rings. The number of hydrogen-bond donors (Lipinski definition) is 3. The van der Waals surface area contributed by atoms with Crippen LogP contribution in [-0.2, 0) is 11.3 Å². The summed E-state index contributed by atoms with van der Waals surface area (Å²) in [6.45, 7) is 6.74. The Labute approximate surface area is 206 Å². The Morgan fingerprint density at radius 1 is 1.23 bits per heavy atom. The number of anilines is 1. The molecule has 35 heavy (non-hydrogen) atoms. The predicted molar refractivity (Wildman–Crippen MR) is 136 cm³/mol. The Hall–Kier alpha value is -2.79. The van der Waals surface area contributed by atoms with Crippen LogP contribution in [0.15, 0.2) is 41.3 Å². The number of ether oxygens (including phenoxy) is 1. The van der Waals surface area contributed by atoms with Crippen molar-refractivity contribution >= 4 is 11.8 Å². The lowest BCUT2D eigenvalue weighted by molar-refractivity contribution is 0.0136. The van der Waals surface area contributed by atoms with Crippen LogP contribution >= 0.6 is 0 Å². The van der Waals surface area contributed by atoms with Crippen LogP contribution in [0, 0.1) is 0 Å². The fraction of sp³-hybridized carbons (Fsp3) is 0.560. The van der Waals surface area contributed by atoms with E-state index in [0.29, 0.717) is 19.1 Å². The largest absolute Gasteiger partial charge is 0.380 e. The number of carbonyl (C=O) groups excluding carboxylic acids is 1. The Bertz CT molecular complexity index is 1040. The number of nitrogens with one attached hydrogen (secondary N) is 2. The van der Waals surface area contributed by atoms with Gasteiger partial charge in [0.1, 0.15) is 5.82 Å². The van der Waals surface area contributed by atoms with Crippen LogP contribution in [0.4, 0.5) is 10.6 Å². The Morgan fingerprint density at radius 3 is 2.63 bits per heavy atom. The van der Waals surface area contributed by atoms with E-state index in [2.05, 4.69) is 27.4 Å². The standard InChI is InChI=1S/C25H37N7O3/c1-3-30(20-8-9-21(26)22(16-20)35-2)17-18-4-6-19(7-5-18)32-13-10-23(29-25(32)34)28-24(33)31-14-11-27-12-15-31/h4-7,10,13,20-22,27H,3,8-9,11-12,14-17,26H2,1-2H3,(H,28,29,33,34)/t20?,21-,22-/m0/s1. The molecule has 1 aromatic carbocycles. The molecule has 2 heterocycles. The summed E-state index contributed by atoms with van der Waals surface area (Å²) in [5.74, 6) is 0.256. The average molecular weight is 484 g/mol. The number of aromatic nitrogens is 2. The maximum atomic E-state index is 12.6. The molecule has 0 radical (unpaired) electrons. The van der Waals surface area contributed by atoms with Gasteiger partial charge in [0.15, 0.2) is 0 Å². The molecule has 0 bridgehead atoms. The Kier molecular flexibility index (Phi) is 8.50. The fourth-order valence-electron chi connectivity index (χ4n) is 4.96. The van der Waals surface area contributed by atoms with Crippen molar-refractivity contribution in [1.29, 1.82) is 0 Å². The number of nitrogens with zero attached hydrogens (tertiary/aromatic N) is 4. The van der Waals surface area contributed by atoms with Gasteiger partial charge < -0.3 is 20.7 Å². The summed E-state index contributed by atoms with van der Waals surface area (Å²) >= 11 is 0. The van der Waals surface area contributed by atoms with Crippen molar-refractivity contribution in [2.24, 2.45) is 5.73 Å². The minimum atomic E-state index is -0.435. The first-order valence-electron chi connectivity index (χ1n) is 12.5. The van der Waals surface area contributed by atoms with Gasteiger partial charge in [0.25, 0.3) is 0 Å². The highest BCUT2D eigenvalue weighted by molar-refractivity contribution is 5.88. The molecular weight excluding hydrogens is 446 g/mol. The smallest absolute Gasteiger partial charge is 0.354 e. The predicted octanol–water partition coefficient (Wildman–Crippen LogP) is 1.39. The third-order valence-corrected chi connectivity index (χ3v) is 7.08. The van der Waals surface area contributed by atoms with Gasteiger partial charge in [-0.1, -0.05) is 19.1 Å². The van der Waals surface area contributed by atoms with Crippen molar-refractivity contribution < 1.29 is 9.53 Å². The second-order valence-corrected chi connectivity index (χ2v) is 9.27. The average Bonchev–Trinajstić information content (AvgIpc) is 2.89. The minimum Gasteiger partial charge on any atom is -0.380 e. The van der Waals surface area contributed by atoms with Crippen LogP contribution in [0.5, 0.6) is 0 Å². The molecule has 0 spiro atoms. The van der Waals surface area contributed by atoms with Crippen LogP contribution in [0.1, 0.15) is 31.7 Å². The van der Waals surface area contributed by atoms with Crippen LogP contribution in [0.25, 0.3) is 5.69 Å². The molecule has 2 amide bonds. The van der Waals surface area contributed by atoms with E-state index in [1.807, 2.05) is 24.3 Å². The summed E-state index contributed by atoms with van der Waals surface area (Å²) in [5, 5.41) is 5.93. The van der Waals surface area contributed by atoms with E-state index in [1.165, 1.54) is 10.1 Å². The molecule has 190 valence electrons. The number of nitrogens with two attached hydrogens (primary N) is 1. The number of hydrogen-bond acceptors (Lipinski definition) is 7. The zero-order valence-corrected chi connectivity index (χ0v) is 20.7. The number of rotatable bonds is 7. The number of amides is 2. The molecule has 4 rings (SSSR count). The lowest BCUT2D eigenvalue weighted by Gasteiger charge is -2.39. The second-order valence-electron chi connectivity index (χ2n) is 9.27. The van der Waals surface area contributed by atoms with Crippen LogP contribution in [-0.4, -0.2) is 83.4 Å². The van der Waals surface area contributed by atoms with Crippen molar-refractivity contribution in [2.45, 2.75) is 50.9 Å². The summed E-state index contributed by atoms with van der Waals surface area (Å²) in [7, 11) is 1.74. The summed E-state index contributed by atoms with van der Waals surface area (Å²) in [6, 6.07) is 9.93.